The number of nitriles is 1. The number of hydrogen-bond donors (Lipinski definition) is 0. The van der Waals surface area contributed by atoms with Gasteiger partial charge in [-0.25, -0.2) is 0 Å². The van der Waals surface area contributed by atoms with E-state index in [4.69, 9.17) is 5.26 Å². The summed E-state index contributed by atoms with van der Waals surface area (Å²) in [6.45, 7) is 4.38. The van der Waals surface area contributed by atoms with Crippen LogP contribution in [0.3, 0.4) is 0 Å². The average Bonchev–Trinajstić information content (AvgIpc) is 2.30. The topological polar surface area (TPSA) is 27.0 Å². The SMILES string of the molecule is CC(C)C1[CH-]CC(C#N)N1C.[Y]. The number of rotatable bonds is 1. The van der Waals surface area contributed by atoms with E-state index in [0.717, 1.165) is 6.42 Å². The molecule has 2 atom stereocenters. The number of nitrogens with zero attached hydrogens (tertiary/aromatic N) is 2. The molecule has 0 bridgehead atoms. The van der Waals surface area contributed by atoms with Crippen LogP contribution in [0.25, 0.3) is 0 Å². The molecule has 3 heteroatoms. The molecule has 1 aliphatic rings. The van der Waals surface area contributed by atoms with Gasteiger partial charge in [-0.3, -0.25) is 0 Å². The summed E-state index contributed by atoms with van der Waals surface area (Å²) in [5.41, 5.74) is 0. The van der Waals surface area contributed by atoms with Crippen molar-refractivity contribution in [1.29, 1.82) is 5.26 Å². The van der Waals surface area contributed by atoms with Gasteiger partial charge in [-0.05, 0) is 7.05 Å². The Bertz CT molecular complexity index is 174. The van der Waals surface area contributed by atoms with Crippen molar-refractivity contribution in [2.75, 3.05) is 7.05 Å². The van der Waals surface area contributed by atoms with E-state index in [9.17, 15) is 0 Å². The van der Waals surface area contributed by atoms with Crippen molar-refractivity contribution in [3.8, 4) is 6.07 Å². The summed E-state index contributed by atoms with van der Waals surface area (Å²) in [5.74, 6) is 0.623. The van der Waals surface area contributed by atoms with Crippen LogP contribution in [0.2, 0.25) is 0 Å². The summed E-state index contributed by atoms with van der Waals surface area (Å²) in [6.07, 6.45) is 3.18. The van der Waals surface area contributed by atoms with Crippen molar-refractivity contribution in [2.24, 2.45) is 5.92 Å². The fraction of sp³-hybridized carbons (Fsp3) is 0.778. The van der Waals surface area contributed by atoms with Crippen LogP contribution < -0.4 is 0 Å². The van der Waals surface area contributed by atoms with Gasteiger partial charge >= 0.3 is 0 Å². The third-order valence-electron chi connectivity index (χ3n) is 2.39. The van der Waals surface area contributed by atoms with Gasteiger partial charge in [0.2, 0.25) is 0 Å². The molecule has 1 aliphatic heterocycles. The van der Waals surface area contributed by atoms with Crippen LogP contribution in [0.15, 0.2) is 0 Å². The minimum absolute atomic E-state index is 0. The van der Waals surface area contributed by atoms with Crippen LogP contribution in [0, 0.1) is 23.7 Å². The van der Waals surface area contributed by atoms with Crippen LogP contribution in [-0.2, 0) is 32.7 Å². The quantitative estimate of drug-likeness (QED) is 0.648. The van der Waals surface area contributed by atoms with Crippen molar-refractivity contribution in [3.05, 3.63) is 6.42 Å². The molecule has 2 unspecified atom stereocenters. The van der Waals surface area contributed by atoms with Crippen molar-refractivity contribution in [3.63, 3.8) is 0 Å². The molecule has 1 rings (SSSR count). The molecule has 65 valence electrons. The molecule has 1 fully saturated rings. The molecule has 0 amide bonds. The Balaban J connectivity index is 0.00000121. The van der Waals surface area contributed by atoms with Crippen molar-refractivity contribution in [2.45, 2.75) is 32.4 Å². The van der Waals surface area contributed by atoms with E-state index >= 15 is 0 Å². The van der Waals surface area contributed by atoms with E-state index in [1.54, 1.807) is 0 Å². The van der Waals surface area contributed by atoms with Crippen LogP contribution in [-0.4, -0.2) is 24.0 Å². The smallest absolute Gasteiger partial charge is 0.0785 e. The van der Waals surface area contributed by atoms with E-state index < -0.39 is 0 Å². The summed E-state index contributed by atoms with van der Waals surface area (Å²) in [7, 11) is 2.03. The summed E-state index contributed by atoms with van der Waals surface area (Å²) in [5, 5.41) is 8.72. The van der Waals surface area contributed by atoms with Crippen molar-refractivity contribution < 1.29 is 32.7 Å². The Morgan fingerprint density at radius 2 is 2.17 bits per heavy atom. The molecular weight excluding hydrogens is 225 g/mol. The molecule has 0 aliphatic carbocycles. The standard InChI is InChI=1S/C9H15N2.Y/c1-7(2)9-5-4-8(6-10)11(9)3;/h5,7-9H,4H2,1-3H3;/q-1;. The Labute approximate surface area is 100 Å². The minimum atomic E-state index is 0. The number of hydrogen-bond acceptors (Lipinski definition) is 2. The zero-order valence-electron chi connectivity index (χ0n) is 7.99. The van der Waals surface area contributed by atoms with Gasteiger partial charge in [-0.15, -0.1) is 12.5 Å². The predicted octanol–water partition coefficient (Wildman–Crippen LogP) is 1.44. The summed E-state index contributed by atoms with van der Waals surface area (Å²) in [4.78, 5) is 2.16. The molecule has 1 heterocycles. The predicted molar refractivity (Wildman–Crippen MR) is 44.7 cm³/mol. The maximum absolute atomic E-state index is 8.72. The number of likely N-dealkylation sites (tertiary alicyclic amines) is 1. The first-order chi connectivity index (χ1) is 5.16. The second-order valence-corrected chi connectivity index (χ2v) is 3.52. The third kappa shape index (κ3) is 2.52. The van der Waals surface area contributed by atoms with Gasteiger partial charge in [0.15, 0.2) is 0 Å². The van der Waals surface area contributed by atoms with Gasteiger partial charge in [-0.2, -0.15) is 5.26 Å². The maximum Gasteiger partial charge on any atom is 0.0785 e. The van der Waals surface area contributed by atoms with Crippen LogP contribution >= 0.6 is 0 Å². The van der Waals surface area contributed by atoms with Gasteiger partial charge in [0, 0.05) is 32.7 Å². The zero-order valence-corrected chi connectivity index (χ0v) is 10.8. The minimum Gasteiger partial charge on any atom is -0.320 e. The van der Waals surface area contributed by atoms with Gasteiger partial charge in [0.05, 0.1) is 12.1 Å². The molecule has 1 radical (unpaired) electrons. The monoisotopic (exact) mass is 240 g/mol. The van der Waals surface area contributed by atoms with E-state index in [0.29, 0.717) is 12.0 Å². The molecule has 0 aromatic carbocycles. The molecule has 0 N–H and O–H groups in total. The van der Waals surface area contributed by atoms with Gasteiger partial charge < -0.3 is 11.3 Å². The van der Waals surface area contributed by atoms with E-state index in [1.807, 2.05) is 7.05 Å². The molecule has 0 saturated carbocycles. The summed E-state index contributed by atoms with van der Waals surface area (Å²) < 4.78 is 0. The average molecular weight is 240 g/mol. The molecule has 1 saturated heterocycles. The van der Waals surface area contributed by atoms with Crippen LogP contribution in [0.4, 0.5) is 0 Å². The van der Waals surface area contributed by atoms with Crippen LogP contribution in [0.5, 0.6) is 0 Å². The fourth-order valence-electron chi connectivity index (χ4n) is 1.69. The van der Waals surface area contributed by atoms with Gasteiger partial charge in [-0.1, -0.05) is 19.8 Å². The van der Waals surface area contributed by atoms with E-state index in [1.165, 1.54) is 0 Å². The van der Waals surface area contributed by atoms with Crippen LogP contribution in [0.1, 0.15) is 20.3 Å². The van der Waals surface area contributed by atoms with Crippen molar-refractivity contribution >= 4 is 0 Å². The summed E-state index contributed by atoms with van der Waals surface area (Å²) in [6, 6.07) is 2.91. The molecule has 12 heavy (non-hydrogen) atoms. The molecule has 2 nitrogen and oxygen atoms in total. The summed E-state index contributed by atoms with van der Waals surface area (Å²) >= 11 is 0. The normalized spacial score (nSPS) is 29.9. The molecule has 0 spiro atoms. The second-order valence-electron chi connectivity index (χ2n) is 3.52. The maximum atomic E-state index is 8.72. The van der Waals surface area contributed by atoms with Gasteiger partial charge in [0.25, 0.3) is 0 Å². The first kappa shape index (κ1) is 12.6. The molecule has 0 aromatic rings. The van der Waals surface area contributed by atoms with Gasteiger partial charge in [0.1, 0.15) is 0 Å². The van der Waals surface area contributed by atoms with E-state index in [-0.39, 0.29) is 38.8 Å². The largest absolute Gasteiger partial charge is 0.320 e. The van der Waals surface area contributed by atoms with Crippen molar-refractivity contribution in [1.82, 2.24) is 4.90 Å². The fourth-order valence-corrected chi connectivity index (χ4v) is 1.69. The molecular formula is C9H15N2Y-. The Morgan fingerprint density at radius 1 is 1.58 bits per heavy atom. The second kappa shape index (κ2) is 5.32. The third-order valence-corrected chi connectivity index (χ3v) is 2.39. The molecule has 0 aromatic heterocycles. The van der Waals surface area contributed by atoms with E-state index in [2.05, 4.69) is 31.2 Å². The zero-order chi connectivity index (χ0) is 8.43. The Kier molecular flexibility index (Phi) is 5.57. The first-order valence-electron chi connectivity index (χ1n) is 4.11. The Hall–Kier alpha value is 0.554. The Morgan fingerprint density at radius 3 is 2.42 bits per heavy atom. The first-order valence-corrected chi connectivity index (χ1v) is 4.11.